The molecule has 0 aliphatic rings. The van der Waals surface area contributed by atoms with Crippen LogP contribution in [-0.4, -0.2) is 11.1 Å². The van der Waals surface area contributed by atoms with Crippen molar-refractivity contribution < 1.29 is 14.3 Å². The Bertz CT molecular complexity index is 624. The average Bonchev–Trinajstić information content (AvgIpc) is 2.72. The smallest absolute Gasteiger partial charge is 0.372 e. The highest BCUT2D eigenvalue weighted by Crippen LogP contribution is 2.26. The lowest BCUT2D eigenvalue weighted by Crippen LogP contribution is -1.99. The van der Waals surface area contributed by atoms with E-state index in [1.54, 1.807) is 25.1 Å². The molecule has 2 aromatic rings. The summed E-state index contributed by atoms with van der Waals surface area (Å²) in [6.07, 6.45) is 0. The third-order valence-electron chi connectivity index (χ3n) is 2.54. The van der Waals surface area contributed by atoms with Crippen molar-refractivity contribution in [3.05, 3.63) is 50.8 Å². The molecule has 19 heavy (non-hydrogen) atoms. The largest absolute Gasteiger partial charge is 0.475 e. The highest BCUT2D eigenvalue weighted by molar-refractivity contribution is 9.10. The maximum Gasteiger partial charge on any atom is 0.372 e. The summed E-state index contributed by atoms with van der Waals surface area (Å²) in [4.78, 5) is 10.9. The molecule has 100 valence electrons. The van der Waals surface area contributed by atoms with Gasteiger partial charge in [0, 0.05) is 15.1 Å². The van der Waals surface area contributed by atoms with E-state index in [1.807, 2.05) is 6.07 Å². The Hall–Kier alpha value is -1.46. The van der Waals surface area contributed by atoms with Crippen LogP contribution in [0.15, 0.2) is 33.2 Å². The third kappa shape index (κ3) is 3.30. The number of halogens is 2. The summed E-state index contributed by atoms with van der Waals surface area (Å²) in [6.45, 7) is 2.08. The molecule has 0 unspecified atom stereocenters. The number of nitrogens with one attached hydrogen (secondary N) is 1. The zero-order valence-corrected chi connectivity index (χ0v) is 12.4. The van der Waals surface area contributed by atoms with Gasteiger partial charge in [0.05, 0.1) is 12.2 Å². The number of carboxylic acid groups (broad SMARTS) is 1. The summed E-state index contributed by atoms with van der Waals surface area (Å²) < 4.78 is 6.13. The molecular formula is C13H11BrClNO3. The van der Waals surface area contributed by atoms with Crippen LogP contribution in [0, 0.1) is 6.92 Å². The van der Waals surface area contributed by atoms with Gasteiger partial charge in [-0.2, -0.15) is 0 Å². The van der Waals surface area contributed by atoms with Crippen LogP contribution in [0.2, 0.25) is 5.02 Å². The Morgan fingerprint density at radius 2 is 2.21 bits per heavy atom. The first-order valence-electron chi connectivity index (χ1n) is 5.49. The maximum atomic E-state index is 10.9. The van der Waals surface area contributed by atoms with Crippen LogP contribution in [0.5, 0.6) is 0 Å². The van der Waals surface area contributed by atoms with E-state index >= 15 is 0 Å². The van der Waals surface area contributed by atoms with Crippen LogP contribution < -0.4 is 5.32 Å². The summed E-state index contributed by atoms with van der Waals surface area (Å²) >= 11 is 9.31. The lowest BCUT2D eigenvalue weighted by atomic mass is 10.2. The number of anilines is 1. The monoisotopic (exact) mass is 343 g/mol. The summed E-state index contributed by atoms with van der Waals surface area (Å²) in [5.74, 6) is -0.531. The first kappa shape index (κ1) is 14.0. The molecule has 1 heterocycles. The molecule has 1 aromatic carbocycles. The summed E-state index contributed by atoms with van der Waals surface area (Å²) in [5, 5.41) is 12.7. The van der Waals surface area contributed by atoms with E-state index in [9.17, 15) is 4.79 Å². The van der Waals surface area contributed by atoms with Crippen molar-refractivity contribution in [2.75, 3.05) is 5.32 Å². The van der Waals surface area contributed by atoms with Gasteiger partial charge < -0.3 is 14.8 Å². The molecule has 0 atom stereocenters. The first-order chi connectivity index (χ1) is 8.97. The van der Waals surface area contributed by atoms with Crippen LogP contribution >= 0.6 is 27.5 Å². The Kier molecular flexibility index (Phi) is 4.17. The predicted octanol–water partition coefficient (Wildman–Crippen LogP) is 4.31. The number of hydrogen-bond acceptors (Lipinski definition) is 3. The van der Waals surface area contributed by atoms with Crippen molar-refractivity contribution in [2.45, 2.75) is 13.5 Å². The molecule has 2 N–H and O–H groups in total. The average molecular weight is 345 g/mol. The van der Waals surface area contributed by atoms with Crippen LogP contribution in [0.25, 0.3) is 0 Å². The van der Waals surface area contributed by atoms with Crippen LogP contribution in [-0.2, 0) is 6.54 Å². The number of aryl methyl sites for hydroxylation is 1. The van der Waals surface area contributed by atoms with Gasteiger partial charge >= 0.3 is 5.97 Å². The first-order valence-corrected chi connectivity index (χ1v) is 6.66. The molecule has 0 fully saturated rings. The number of rotatable bonds is 4. The minimum atomic E-state index is -1.06. The quantitative estimate of drug-likeness (QED) is 0.867. The maximum absolute atomic E-state index is 10.9. The molecule has 0 saturated heterocycles. The number of carbonyl (C=O) groups is 1. The zero-order valence-electron chi connectivity index (χ0n) is 10.0. The van der Waals surface area contributed by atoms with Gasteiger partial charge in [-0.25, -0.2) is 4.79 Å². The molecular weight excluding hydrogens is 334 g/mol. The van der Waals surface area contributed by atoms with E-state index in [2.05, 4.69) is 21.2 Å². The van der Waals surface area contributed by atoms with Gasteiger partial charge in [-0.1, -0.05) is 11.6 Å². The molecule has 4 nitrogen and oxygen atoms in total. The van der Waals surface area contributed by atoms with Crippen molar-refractivity contribution in [3.63, 3.8) is 0 Å². The van der Waals surface area contributed by atoms with E-state index in [0.29, 0.717) is 22.9 Å². The fraction of sp³-hybridized carbons (Fsp3) is 0.154. The number of benzene rings is 1. The second-order valence-electron chi connectivity index (χ2n) is 4.01. The topological polar surface area (TPSA) is 62.5 Å². The van der Waals surface area contributed by atoms with E-state index in [1.165, 1.54) is 0 Å². The Labute approximate surface area is 123 Å². The molecule has 1 aromatic heterocycles. The second kappa shape index (κ2) is 5.67. The van der Waals surface area contributed by atoms with Gasteiger partial charge in [-0.3, -0.25) is 0 Å². The van der Waals surface area contributed by atoms with E-state index in [-0.39, 0.29) is 5.76 Å². The molecule has 0 aliphatic heterocycles. The van der Waals surface area contributed by atoms with Crippen LogP contribution in [0.3, 0.4) is 0 Å². The minimum absolute atomic E-state index is 0.0260. The van der Waals surface area contributed by atoms with Crippen molar-refractivity contribution in [2.24, 2.45) is 0 Å². The predicted molar refractivity (Wildman–Crippen MR) is 76.9 cm³/mol. The fourth-order valence-corrected chi connectivity index (χ4v) is 2.22. The van der Waals surface area contributed by atoms with Crippen molar-refractivity contribution in [1.82, 2.24) is 0 Å². The number of hydrogen-bond donors (Lipinski definition) is 2. The molecule has 6 heteroatoms. The normalized spacial score (nSPS) is 10.5. The second-order valence-corrected chi connectivity index (χ2v) is 5.30. The highest BCUT2D eigenvalue weighted by atomic mass is 79.9. The zero-order chi connectivity index (χ0) is 14.0. The molecule has 0 bridgehead atoms. The van der Waals surface area contributed by atoms with Gasteiger partial charge in [0.25, 0.3) is 0 Å². The van der Waals surface area contributed by atoms with Crippen LogP contribution in [0.1, 0.15) is 21.9 Å². The minimum Gasteiger partial charge on any atom is -0.475 e. The van der Waals surface area contributed by atoms with E-state index in [0.717, 1.165) is 10.2 Å². The van der Waals surface area contributed by atoms with E-state index in [4.69, 9.17) is 21.1 Å². The number of furan rings is 1. The Morgan fingerprint density at radius 3 is 2.84 bits per heavy atom. The Balaban J connectivity index is 2.12. The SMILES string of the molecule is Cc1cc(CNc2cc(Cl)ccc2Br)oc1C(=O)O. The third-order valence-corrected chi connectivity index (χ3v) is 3.47. The number of aromatic carboxylic acids is 1. The Morgan fingerprint density at radius 1 is 1.47 bits per heavy atom. The van der Waals surface area contributed by atoms with Crippen molar-refractivity contribution in [1.29, 1.82) is 0 Å². The summed E-state index contributed by atoms with van der Waals surface area (Å²) in [5.41, 5.74) is 1.42. The standard InChI is InChI=1S/C13H11BrClNO3/c1-7-4-9(19-12(7)13(17)18)6-16-11-5-8(15)2-3-10(11)14/h2-5,16H,6H2,1H3,(H,17,18). The molecule has 0 saturated carbocycles. The van der Waals surface area contributed by atoms with Gasteiger partial charge in [-0.15, -0.1) is 0 Å². The molecule has 2 rings (SSSR count). The molecule has 0 spiro atoms. The van der Waals surface area contributed by atoms with Crippen molar-refractivity contribution in [3.8, 4) is 0 Å². The van der Waals surface area contributed by atoms with Crippen molar-refractivity contribution >= 4 is 39.2 Å². The molecule has 0 amide bonds. The number of carboxylic acids is 1. The summed E-state index contributed by atoms with van der Waals surface area (Å²) in [6, 6.07) is 7.09. The van der Waals surface area contributed by atoms with Gasteiger partial charge in [0.2, 0.25) is 5.76 Å². The van der Waals surface area contributed by atoms with E-state index < -0.39 is 5.97 Å². The molecule has 0 aliphatic carbocycles. The molecule has 0 radical (unpaired) electrons. The lowest BCUT2D eigenvalue weighted by Gasteiger charge is -2.07. The van der Waals surface area contributed by atoms with Crippen LogP contribution in [0.4, 0.5) is 5.69 Å². The van der Waals surface area contributed by atoms with Gasteiger partial charge in [0.1, 0.15) is 5.76 Å². The highest BCUT2D eigenvalue weighted by Gasteiger charge is 2.14. The van der Waals surface area contributed by atoms with Gasteiger partial charge in [0.15, 0.2) is 0 Å². The van der Waals surface area contributed by atoms with Gasteiger partial charge in [-0.05, 0) is 47.1 Å². The fourth-order valence-electron chi connectivity index (χ4n) is 1.66. The summed E-state index contributed by atoms with van der Waals surface area (Å²) in [7, 11) is 0. The lowest BCUT2D eigenvalue weighted by molar-refractivity contribution is 0.0659.